The molecule has 0 amide bonds. The first kappa shape index (κ1) is 209. The summed E-state index contributed by atoms with van der Waals surface area (Å²) in [5, 5.41) is 0. The van der Waals surface area contributed by atoms with Crippen LogP contribution in [0.4, 0.5) is 0 Å². The monoisotopic (exact) mass is 286 g/mol. The molecule has 12 nitrogen and oxygen atoms in total. The summed E-state index contributed by atoms with van der Waals surface area (Å²) >= 11 is 0. The van der Waals surface area contributed by atoms with Crippen LogP contribution in [0.15, 0.2) is 0 Å². The molecule has 0 aromatic rings. The molecule has 0 aliphatic carbocycles. The zero-order chi connectivity index (χ0) is 3.58. The Morgan fingerprint density at radius 2 is 0.533 bits per heavy atom. The number of hydrogen-bond acceptors (Lipinski definition) is 1. The van der Waals surface area contributed by atoms with Crippen molar-refractivity contribution in [2.24, 2.45) is 0 Å². The van der Waals surface area contributed by atoms with Crippen molar-refractivity contribution in [3.8, 4) is 0 Å². The molecule has 2 radical (unpaired) electrons. The van der Waals surface area contributed by atoms with Crippen LogP contribution in [0, 0.1) is 0 Å². The van der Waals surface area contributed by atoms with Gasteiger partial charge in [0, 0.05) is 59.1 Å². The average molecular weight is 286 g/mol. The molecule has 0 fully saturated rings. The van der Waals surface area contributed by atoms with Crippen molar-refractivity contribution in [1.82, 2.24) is 0 Å². The fraction of sp³-hybridized carbons (Fsp3) is 0. The molecule has 0 spiro atoms. The molecule has 0 aromatic heterocycles. The van der Waals surface area contributed by atoms with Gasteiger partial charge in [0.05, 0.1) is 0 Å². The summed E-state index contributed by atoms with van der Waals surface area (Å²) < 4.78 is 8.74. The molecule has 0 aromatic carbocycles. The average Bonchev–Trinajstić information content (AvgIpc) is 0.811. The van der Waals surface area contributed by atoms with Gasteiger partial charge in [0.1, 0.15) is 0 Å². The van der Waals surface area contributed by atoms with Crippen molar-refractivity contribution >= 4 is 68.3 Å². The van der Waals surface area contributed by atoms with Crippen molar-refractivity contribution in [1.29, 1.82) is 0 Å². The Labute approximate surface area is 131 Å². The van der Waals surface area contributed by atoms with Crippen molar-refractivity contribution in [3.63, 3.8) is 0 Å². The van der Waals surface area contributed by atoms with E-state index in [1.807, 2.05) is 0 Å². The maximum Gasteiger partial charge on any atom is 0.761 e. The Kier molecular flexibility index (Phi) is 2380. The Balaban J connectivity index is -0.000000000818. The van der Waals surface area contributed by atoms with Crippen LogP contribution < -0.4 is 0 Å². The Morgan fingerprint density at radius 1 is 0.533 bits per heavy atom. The van der Waals surface area contributed by atoms with Gasteiger partial charge < -0.3 is 58.9 Å². The summed E-state index contributed by atoms with van der Waals surface area (Å²) in [4.78, 5) is 14.3. The van der Waals surface area contributed by atoms with Crippen molar-refractivity contribution < 1.29 is 63.3 Å². The summed E-state index contributed by atoms with van der Waals surface area (Å²) in [6.07, 6.45) is 0. The quantitative estimate of drug-likeness (QED) is 0.409. The first-order valence-corrected chi connectivity index (χ1v) is 1.95. The van der Waals surface area contributed by atoms with Gasteiger partial charge in [-0.05, 0) is 0 Å². The van der Waals surface area contributed by atoms with Crippen LogP contribution in [0.2, 0.25) is 0 Å². The van der Waals surface area contributed by atoms with Crippen LogP contribution in [-0.2, 0) is 4.46 Å². The molecule has 0 saturated carbocycles. The fourth-order valence-corrected chi connectivity index (χ4v) is 0. The smallest absolute Gasteiger partial charge is 0.511 e. The van der Waals surface area contributed by atoms with Gasteiger partial charge in [-0.2, -0.15) is 0 Å². The Hall–Kier alpha value is 1.26. The summed E-state index contributed by atoms with van der Waals surface area (Å²) in [6, 6.07) is 0. The summed E-state index contributed by atoms with van der Waals surface area (Å²) in [5.41, 5.74) is 0. The molecule has 15 heavy (non-hydrogen) atoms. The van der Waals surface area contributed by atoms with E-state index in [9.17, 15) is 0 Å². The standard InChI is InChI=1S/2Na.H2O3Si.9H2O/c;;1-4(2)3;;;;;;;;;/h;;1-2H;9*1H2. The third kappa shape index (κ3) is 1700. The van der Waals surface area contributed by atoms with Crippen LogP contribution in [0.5, 0.6) is 0 Å². The van der Waals surface area contributed by atoms with Crippen LogP contribution in [0.1, 0.15) is 0 Å². The molecule has 0 rings (SSSR count). The Morgan fingerprint density at radius 3 is 0.533 bits per heavy atom. The van der Waals surface area contributed by atoms with Gasteiger partial charge in [0.15, 0.2) is 0 Å². The second kappa shape index (κ2) is 171. The zero-order valence-corrected chi connectivity index (χ0v) is 13.3. The van der Waals surface area contributed by atoms with E-state index in [0.717, 1.165) is 0 Å². The largest absolute Gasteiger partial charge is 0.761 e. The van der Waals surface area contributed by atoms with Crippen LogP contribution in [0.3, 0.4) is 0 Å². The van der Waals surface area contributed by atoms with E-state index in [1.54, 1.807) is 0 Å². The molecule has 0 aliphatic heterocycles. The predicted octanol–water partition coefficient (Wildman–Crippen LogP) is -9.80. The first-order valence-electron chi connectivity index (χ1n) is 0.651. The summed E-state index contributed by atoms with van der Waals surface area (Å²) in [6.45, 7) is 0. The molecule has 20 N–H and O–H groups in total. The van der Waals surface area contributed by atoms with Crippen LogP contribution in [-0.4, -0.2) is 127 Å². The predicted molar refractivity (Wildman–Crippen MR) is 54.9 cm³/mol. The number of rotatable bonds is 0. The summed E-state index contributed by atoms with van der Waals surface area (Å²) in [7, 11) is -3.13. The van der Waals surface area contributed by atoms with Gasteiger partial charge in [0.25, 0.3) is 0 Å². The maximum absolute atomic E-state index is 8.74. The van der Waals surface area contributed by atoms with E-state index in [1.165, 1.54) is 0 Å². The molecule has 0 heterocycles. The van der Waals surface area contributed by atoms with Gasteiger partial charge in [-0.3, -0.25) is 4.46 Å². The minimum atomic E-state index is -3.13. The minimum absolute atomic E-state index is 0. The zero-order valence-electron chi connectivity index (χ0n) is 8.30. The topological polar surface area (TPSA) is 341 Å². The maximum atomic E-state index is 8.74. The van der Waals surface area contributed by atoms with E-state index in [2.05, 4.69) is 0 Å². The molecular formula is H20Na2O12Si. The SMILES string of the molecule is O.O.O.O.O.O.O.O.O.O=[Si](O)O.[Na].[Na]. The molecular weight excluding hydrogens is 266 g/mol. The van der Waals surface area contributed by atoms with E-state index in [-0.39, 0.29) is 108 Å². The molecule has 0 unspecified atom stereocenters. The van der Waals surface area contributed by atoms with E-state index in [4.69, 9.17) is 14.1 Å². The molecule has 98 valence electrons. The molecule has 15 heteroatoms. The Bertz CT molecular complexity index is 36.6. The van der Waals surface area contributed by atoms with Crippen molar-refractivity contribution in [2.75, 3.05) is 0 Å². The first-order chi connectivity index (χ1) is 1.73. The molecule has 0 atom stereocenters. The van der Waals surface area contributed by atoms with E-state index in [0.29, 0.717) is 0 Å². The van der Waals surface area contributed by atoms with E-state index >= 15 is 0 Å². The normalized spacial score (nSPS) is 1.60. The molecule has 0 aliphatic rings. The van der Waals surface area contributed by atoms with Gasteiger partial charge in [0.2, 0.25) is 0 Å². The van der Waals surface area contributed by atoms with E-state index < -0.39 is 9.17 Å². The van der Waals surface area contributed by atoms with Crippen LogP contribution in [0.25, 0.3) is 0 Å². The third-order valence-corrected chi connectivity index (χ3v) is 0. The van der Waals surface area contributed by atoms with Gasteiger partial charge in [-0.1, -0.05) is 0 Å². The third-order valence-electron chi connectivity index (χ3n) is 0. The minimum Gasteiger partial charge on any atom is -0.511 e. The fourth-order valence-electron chi connectivity index (χ4n) is 0. The second-order valence-electron chi connectivity index (χ2n) is 0.283. The van der Waals surface area contributed by atoms with Crippen LogP contribution >= 0.6 is 0 Å². The summed E-state index contributed by atoms with van der Waals surface area (Å²) in [5.74, 6) is 0. The number of hydrogen-bond donors (Lipinski definition) is 2. The van der Waals surface area contributed by atoms with Gasteiger partial charge in [-0.25, -0.2) is 0 Å². The van der Waals surface area contributed by atoms with Crippen molar-refractivity contribution in [3.05, 3.63) is 0 Å². The van der Waals surface area contributed by atoms with Crippen molar-refractivity contribution in [2.45, 2.75) is 0 Å². The van der Waals surface area contributed by atoms with Gasteiger partial charge >= 0.3 is 9.17 Å². The van der Waals surface area contributed by atoms with Gasteiger partial charge in [-0.15, -0.1) is 0 Å². The second-order valence-corrected chi connectivity index (χ2v) is 0.848. The molecule has 0 bridgehead atoms. The molecule has 0 saturated heterocycles.